The highest BCUT2D eigenvalue weighted by Gasteiger charge is 2.28. The first-order chi connectivity index (χ1) is 9.58. The van der Waals surface area contributed by atoms with Crippen molar-refractivity contribution in [3.05, 3.63) is 18.3 Å². The topological polar surface area (TPSA) is 77.2 Å². The Labute approximate surface area is 119 Å². The van der Waals surface area contributed by atoms with Crippen LogP contribution in [0.5, 0.6) is 5.88 Å². The van der Waals surface area contributed by atoms with Gasteiger partial charge < -0.3 is 15.8 Å². The normalized spacial score (nSPS) is 22.6. The molecule has 1 fully saturated rings. The van der Waals surface area contributed by atoms with Crippen molar-refractivity contribution in [3.63, 3.8) is 0 Å². The second-order valence-corrected chi connectivity index (χ2v) is 5.57. The molecule has 0 aromatic carbocycles. The van der Waals surface area contributed by atoms with E-state index in [0.717, 1.165) is 25.7 Å². The lowest BCUT2D eigenvalue weighted by Crippen LogP contribution is -2.40. The molecule has 3 N–H and O–H groups in total. The van der Waals surface area contributed by atoms with Crippen LogP contribution in [0, 0.1) is 5.92 Å². The van der Waals surface area contributed by atoms with E-state index in [4.69, 9.17) is 10.5 Å². The van der Waals surface area contributed by atoms with E-state index < -0.39 is 0 Å². The Hall–Kier alpha value is -1.62. The maximum absolute atomic E-state index is 12.3. The highest BCUT2D eigenvalue weighted by atomic mass is 16.5. The van der Waals surface area contributed by atoms with Crippen LogP contribution in [0.4, 0.5) is 5.69 Å². The number of rotatable bonds is 4. The predicted molar refractivity (Wildman–Crippen MR) is 78.6 cm³/mol. The van der Waals surface area contributed by atoms with E-state index in [2.05, 4.69) is 10.3 Å². The molecule has 0 saturated heterocycles. The lowest BCUT2D eigenvalue weighted by Gasteiger charge is -2.27. The van der Waals surface area contributed by atoms with Crippen LogP contribution in [0.3, 0.4) is 0 Å². The van der Waals surface area contributed by atoms with Gasteiger partial charge in [-0.3, -0.25) is 4.79 Å². The Morgan fingerprint density at radius 3 is 2.90 bits per heavy atom. The molecule has 0 spiro atoms. The number of carbonyl (C=O) groups is 1. The second-order valence-electron chi connectivity index (χ2n) is 5.57. The van der Waals surface area contributed by atoms with Gasteiger partial charge in [-0.2, -0.15) is 0 Å². The van der Waals surface area contributed by atoms with Crippen molar-refractivity contribution >= 4 is 11.6 Å². The third kappa shape index (κ3) is 3.70. The third-order valence-electron chi connectivity index (χ3n) is 3.53. The summed E-state index contributed by atoms with van der Waals surface area (Å²) in [5.41, 5.74) is 6.66. The molecule has 2 rings (SSSR count). The van der Waals surface area contributed by atoms with E-state index in [1.807, 2.05) is 13.8 Å². The van der Waals surface area contributed by atoms with Crippen LogP contribution in [-0.2, 0) is 4.79 Å². The van der Waals surface area contributed by atoms with Gasteiger partial charge in [0.2, 0.25) is 11.8 Å². The number of ether oxygens (including phenoxy) is 1. The van der Waals surface area contributed by atoms with E-state index in [1.165, 1.54) is 0 Å². The molecular weight excluding hydrogens is 254 g/mol. The molecule has 0 radical (unpaired) electrons. The molecule has 5 heteroatoms. The smallest absolute Gasteiger partial charge is 0.238 e. The monoisotopic (exact) mass is 277 g/mol. The summed E-state index contributed by atoms with van der Waals surface area (Å²) in [5, 5.41) is 2.91. The first kappa shape index (κ1) is 14.8. The largest absolute Gasteiger partial charge is 0.473 e. The minimum absolute atomic E-state index is 0.0116. The average Bonchev–Trinajstić information content (AvgIpc) is 2.41. The van der Waals surface area contributed by atoms with Gasteiger partial charge >= 0.3 is 0 Å². The molecule has 0 bridgehead atoms. The Bertz CT molecular complexity index is 462. The van der Waals surface area contributed by atoms with Crippen molar-refractivity contribution < 1.29 is 9.53 Å². The average molecular weight is 277 g/mol. The van der Waals surface area contributed by atoms with Crippen molar-refractivity contribution in [2.75, 3.05) is 5.32 Å². The zero-order valence-electron chi connectivity index (χ0n) is 12.1. The Morgan fingerprint density at radius 2 is 2.20 bits per heavy atom. The first-order valence-electron chi connectivity index (χ1n) is 7.26. The molecule has 5 nitrogen and oxygen atoms in total. The number of nitrogens with two attached hydrogens (primary N) is 1. The summed E-state index contributed by atoms with van der Waals surface area (Å²) < 4.78 is 5.60. The number of amides is 1. The molecule has 1 saturated carbocycles. The fourth-order valence-electron chi connectivity index (χ4n) is 2.51. The highest BCUT2D eigenvalue weighted by molar-refractivity contribution is 5.94. The van der Waals surface area contributed by atoms with Crippen molar-refractivity contribution in [2.24, 2.45) is 11.7 Å². The summed E-state index contributed by atoms with van der Waals surface area (Å²) in [4.78, 5) is 16.5. The Kier molecular flexibility index (Phi) is 4.95. The van der Waals surface area contributed by atoms with Gasteiger partial charge in [-0.1, -0.05) is 12.8 Å². The second kappa shape index (κ2) is 6.70. The molecule has 1 amide bonds. The van der Waals surface area contributed by atoms with Gasteiger partial charge in [-0.15, -0.1) is 0 Å². The lowest BCUT2D eigenvalue weighted by molar-refractivity contribution is -0.121. The first-order valence-corrected chi connectivity index (χ1v) is 7.26. The van der Waals surface area contributed by atoms with E-state index in [9.17, 15) is 4.79 Å². The molecule has 110 valence electrons. The maximum atomic E-state index is 12.3. The van der Waals surface area contributed by atoms with Crippen LogP contribution in [0.15, 0.2) is 18.3 Å². The molecule has 1 aromatic rings. The Morgan fingerprint density at radius 1 is 1.45 bits per heavy atom. The fraction of sp³-hybridized carbons (Fsp3) is 0.600. The number of nitrogens with one attached hydrogen (secondary N) is 1. The fourth-order valence-corrected chi connectivity index (χ4v) is 2.51. The van der Waals surface area contributed by atoms with Gasteiger partial charge in [0, 0.05) is 12.2 Å². The molecule has 20 heavy (non-hydrogen) atoms. The minimum atomic E-state index is -0.115. The standard InChI is InChI=1S/C15H23N3O2/c1-10(2)20-15-13(8-5-9-17-15)18-14(19)11-6-3-4-7-12(11)16/h5,8-12H,3-4,6-7,16H2,1-2H3,(H,18,19). The molecule has 2 atom stereocenters. The number of carbonyl (C=O) groups excluding carboxylic acids is 1. The molecule has 0 aliphatic heterocycles. The zero-order chi connectivity index (χ0) is 14.5. The van der Waals surface area contributed by atoms with E-state index in [0.29, 0.717) is 11.6 Å². The zero-order valence-corrected chi connectivity index (χ0v) is 12.1. The number of hydrogen-bond acceptors (Lipinski definition) is 4. The number of aromatic nitrogens is 1. The van der Waals surface area contributed by atoms with E-state index >= 15 is 0 Å². The maximum Gasteiger partial charge on any atom is 0.238 e. The van der Waals surface area contributed by atoms with Crippen LogP contribution in [-0.4, -0.2) is 23.0 Å². The van der Waals surface area contributed by atoms with Crippen LogP contribution >= 0.6 is 0 Å². The lowest BCUT2D eigenvalue weighted by atomic mass is 9.84. The summed E-state index contributed by atoms with van der Waals surface area (Å²) >= 11 is 0. The molecule has 1 aromatic heterocycles. The predicted octanol–water partition coefficient (Wildman–Crippen LogP) is 2.32. The number of hydrogen-bond donors (Lipinski definition) is 2. The van der Waals surface area contributed by atoms with Crippen molar-refractivity contribution in [1.29, 1.82) is 0 Å². The molecule has 1 aliphatic rings. The number of nitrogens with zero attached hydrogens (tertiary/aromatic N) is 1. The summed E-state index contributed by atoms with van der Waals surface area (Å²) in [5.74, 6) is 0.315. The van der Waals surface area contributed by atoms with Gasteiger partial charge in [-0.05, 0) is 38.8 Å². The summed E-state index contributed by atoms with van der Waals surface area (Å²) in [7, 11) is 0. The summed E-state index contributed by atoms with van der Waals surface area (Å²) in [6, 6.07) is 3.54. The van der Waals surface area contributed by atoms with Gasteiger partial charge in [0.25, 0.3) is 0 Å². The van der Waals surface area contributed by atoms with Crippen LogP contribution in [0.1, 0.15) is 39.5 Å². The van der Waals surface area contributed by atoms with E-state index in [-0.39, 0.29) is 24.0 Å². The summed E-state index contributed by atoms with van der Waals surface area (Å²) in [6.45, 7) is 3.86. The SMILES string of the molecule is CC(C)Oc1ncccc1NC(=O)C1CCCCC1N. The van der Waals surface area contributed by atoms with Crippen LogP contribution in [0.25, 0.3) is 0 Å². The molecule has 1 aliphatic carbocycles. The van der Waals surface area contributed by atoms with Crippen molar-refractivity contribution in [1.82, 2.24) is 4.98 Å². The van der Waals surface area contributed by atoms with Gasteiger partial charge in [0.1, 0.15) is 5.69 Å². The van der Waals surface area contributed by atoms with Crippen LogP contribution in [0.2, 0.25) is 0 Å². The number of anilines is 1. The van der Waals surface area contributed by atoms with Crippen molar-refractivity contribution in [3.8, 4) is 5.88 Å². The Balaban J connectivity index is 2.07. The van der Waals surface area contributed by atoms with Crippen molar-refractivity contribution in [2.45, 2.75) is 51.7 Å². The highest BCUT2D eigenvalue weighted by Crippen LogP contribution is 2.27. The quantitative estimate of drug-likeness (QED) is 0.885. The minimum Gasteiger partial charge on any atom is -0.473 e. The van der Waals surface area contributed by atoms with Gasteiger partial charge in [0.15, 0.2) is 0 Å². The number of pyridine rings is 1. The van der Waals surface area contributed by atoms with Gasteiger partial charge in [0.05, 0.1) is 12.0 Å². The molecule has 1 heterocycles. The molecule has 2 unspecified atom stereocenters. The van der Waals surface area contributed by atoms with Gasteiger partial charge in [-0.25, -0.2) is 4.98 Å². The molecular formula is C15H23N3O2. The van der Waals surface area contributed by atoms with Crippen LogP contribution < -0.4 is 15.8 Å². The summed E-state index contributed by atoms with van der Waals surface area (Å²) in [6.07, 6.45) is 5.61. The third-order valence-corrected chi connectivity index (χ3v) is 3.53. The van der Waals surface area contributed by atoms with E-state index in [1.54, 1.807) is 18.3 Å².